The molecule has 0 N–H and O–H groups in total. The molecule has 0 spiro atoms. The number of aromatic nitrogens is 2. The first kappa shape index (κ1) is 17.1. The average Bonchev–Trinajstić information content (AvgIpc) is 3.23. The Morgan fingerprint density at radius 2 is 1.88 bits per heavy atom. The molecule has 1 aromatic carbocycles. The van der Waals surface area contributed by atoms with Crippen molar-refractivity contribution >= 4 is 21.8 Å². The maximum atomic E-state index is 13.9. The molecule has 1 aliphatic heterocycles. The van der Waals surface area contributed by atoms with Crippen LogP contribution in [0.4, 0.5) is 4.39 Å². The molecule has 1 saturated heterocycles. The molecule has 0 bridgehead atoms. The minimum Gasteiger partial charge on any atom is -0.329 e. The Hall–Kier alpha value is -1.38. The number of aryl methyl sites for hydroxylation is 1. The number of hydrogen-bond donors (Lipinski definition) is 0. The summed E-state index contributed by atoms with van der Waals surface area (Å²) in [5, 5.41) is 1.47. The molecule has 2 atom stereocenters. The fourth-order valence-corrected chi connectivity index (χ4v) is 6.85. The van der Waals surface area contributed by atoms with E-state index in [2.05, 4.69) is 4.98 Å². The second-order valence-electron chi connectivity index (χ2n) is 6.80. The van der Waals surface area contributed by atoms with Gasteiger partial charge in [-0.2, -0.15) is 4.31 Å². The molecule has 2 fully saturated rings. The minimum absolute atomic E-state index is 0.214. The van der Waals surface area contributed by atoms with E-state index < -0.39 is 15.8 Å². The number of fused-ring (bicyclic) bond motifs is 1. The molecule has 8 heteroatoms. The summed E-state index contributed by atoms with van der Waals surface area (Å²) in [6.45, 7) is 0.970. The van der Waals surface area contributed by atoms with Crippen LogP contribution in [0.25, 0.3) is 0 Å². The van der Waals surface area contributed by atoms with Crippen molar-refractivity contribution in [3.63, 3.8) is 0 Å². The van der Waals surface area contributed by atoms with Crippen molar-refractivity contribution in [1.29, 1.82) is 0 Å². The second kappa shape index (κ2) is 6.41. The topological polar surface area (TPSA) is 55.2 Å². The molecule has 2 aliphatic rings. The quantitative estimate of drug-likeness (QED) is 0.817. The molecule has 2 aromatic rings. The highest BCUT2D eigenvalue weighted by Crippen LogP contribution is 2.45. The summed E-state index contributed by atoms with van der Waals surface area (Å²) in [5.74, 6) is 0.0152. The Labute approximate surface area is 151 Å². The summed E-state index contributed by atoms with van der Waals surface area (Å²) < 4.78 is 42.9. The van der Waals surface area contributed by atoms with Gasteiger partial charge in [-0.1, -0.05) is 23.9 Å². The second-order valence-corrected chi connectivity index (χ2v) is 9.98. The minimum atomic E-state index is -3.75. The van der Waals surface area contributed by atoms with E-state index in [4.69, 9.17) is 0 Å². The predicted octanol–water partition coefficient (Wildman–Crippen LogP) is 2.75. The lowest BCUT2D eigenvalue weighted by molar-refractivity contribution is 0.441. The van der Waals surface area contributed by atoms with Crippen LogP contribution in [-0.4, -0.2) is 40.6 Å². The lowest BCUT2D eigenvalue weighted by atomic mass is 10.0. The molecular formula is C17H20FN3O2S2. The van der Waals surface area contributed by atoms with Gasteiger partial charge in [-0.25, -0.2) is 17.8 Å². The van der Waals surface area contributed by atoms with Crippen molar-refractivity contribution in [1.82, 2.24) is 13.9 Å². The Kier molecular flexibility index (Phi) is 4.37. The molecule has 0 unspecified atom stereocenters. The van der Waals surface area contributed by atoms with Crippen molar-refractivity contribution in [2.45, 2.75) is 28.1 Å². The SMILES string of the molecule is Cn1ccnc1SC1C[C@@H]2CN(S(=O)(=O)c3ccccc3F)C[C@H]2C1. The molecule has 1 aromatic heterocycles. The summed E-state index contributed by atoms with van der Waals surface area (Å²) in [4.78, 5) is 4.14. The third-order valence-corrected chi connectivity index (χ3v) is 8.37. The standard InChI is InChI=1S/C17H20FN3O2S2/c1-20-7-6-19-17(20)24-14-8-12-10-21(11-13(12)9-14)25(22,23)16-5-3-2-4-15(16)18/h2-7,12-14H,8-11H2,1H3/t12-,13-/m1/s1. The zero-order valence-corrected chi connectivity index (χ0v) is 15.5. The summed E-state index contributed by atoms with van der Waals surface area (Å²) >= 11 is 1.77. The molecule has 0 radical (unpaired) electrons. The Bertz CT molecular complexity index is 870. The lowest BCUT2D eigenvalue weighted by Crippen LogP contribution is -2.30. The van der Waals surface area contributed by atoms with Crippen LogP contribution in [0, 0.1) is 17.7 Å². The van der Waals surface area contributed by atoms with E-state index in [1.807, 2.05) is 17.8 Å². The van der Waals surface area contributed by atoms with E-state index >= 15 is 0 Å². The highest BCUT2D eigenvalue weighted by Gasteiger charge is 2.45. The van der Waals surface area contributed by atoms with Crippen LogP contribution in [0.2, 0.25) is 0 Å². The molecule has 134 valence electrons. The fraction of sp³-hybridized carbons (Fsp3) is 0.471. The summed E-state index contributed by atoms with van der Waals surface area (Å²) in [6, 6.07) is 5.61. The first-order valence-electron chi connectivity index (χ1n) is 8.34. The Balaban J connectivity index is 1.44. The Morgan fingerprint density at radius 1 is 1.20 bits per heavy atom. The number of thioether (sulfide) groups is 1. The zero-order valence-electron chi connectivity index (χ0n) is 13.9. The van der Waals surface area contributed by atoms with Crippen molar-refractivity contribution in [3.05, 3.63) is 42.5 Å². The average molecular weight is 381 g/mol. The van der Waals surface area contributed by atoms with Gasteiger partial charge >= 0.3 is 0 Å². The monoisotopic (exact) mass is 381 g/mol. The number of nitrogens with zero attached hydrogens (tertiary/aromatic N) is 3. The van der Waals surface area contributed by atoms with Gasteiger partial charge in [0.05, 0.1) is 0 Å². The maximum Gasteiger partial charge on any atom is 0.246 e. The van der Waals surface area contributed by atoms with Crippen molar-refractivity contribution in [2.24, 2.45) is 18.9 Å². The van der Waals surface area contributed by atoms with Gasteiger partial charge in [-0.15, -0.1) is 0 Å². The largest absolute Gasteiger partial charge is 0.329 e. The first-order chi connectivity index (χ1) is 11.9. The number of halogens is 1. The molecule has 0 amide bonds. The van der Waals surface area contributed by atoms with Crippen molar-refractivity contribution in [3.8, 4) is 0 Å². The first-order valence-corrected chi connectivity index (χ1v) is 10.7. The Morgan fingerprint density at radius 3 is 2.48 bits per heavy atom. The van der Waals surface area contributed by atoms with Crippen molar-refractivity contribution < 1.29 is 12.8 Å². The van der Waals surface area contributed by atoms with Crippen LogP contribution < -0.4 is 0 Å². The molecule has 2 heterocycles. The molecule has 5 nitrogen and oxygen atoms in total. The van der Waals surface area contributed by atoms with Gasteiger partial charge in [0.1, 0.15) is 10.7 Å². The van der Waals surface area contributed by atoms with E-state index in [1.54, 1.807) is 24.0 Å². The lowest BCUT2D eigenvalue weighted by Gasteiger charge is -2.19. The molecule has 4 rings (SSSR count). The summed E-state index contributed by atoms with van der Waals surface area (Å²) in [7, 11) is -1.77. The third-order valence-electron chi connectivity index (χ3n) is 5.18. The number of hydrogen-bond acceptors (Lipinski definition) is 4. The van der Waals surface area contributed by atoms with Crippen LogP contribution in [-0.2, 0) is 17.1 Å². The van der Waals surface area contributed by atoms with Gasteiger partial charge in [-0.05, 0) is 36.8 Å². The summed E-state index contributed by atoms with van der Waals surface area (Å²) in [5.41, 5.74) is 0. The van der Waals surface area contributed by atoms with Gasteiger partial charge in [0, 0.05) is 37.8 Å². The van der Waals surface area contributed by atoms with Gasteiger partial charge in [-0.3, -0.25) is 0 Å². The normalized spacial score (nSPS) is 24.7. The predicted molar refractivity (Wildman–Crippen MR) is 94.2 cm³/mol. The third kappa shape index (κ3) is 3.11. The van der Waals surface area contributed by atoms with Crippen LogP contribution in [0.5, 0.6) is 0 Å². The van der Waals surface area contributed by atoms with Gasteiger partial charge in [0.25, 0.3) is 0 Å². The van der Waals surface area contributed by atoms with E-state index in [9.17, 15) is 12.8 Å². The molecule has 25 heavy (non-hydrogen) atoms. The number of benzene rings is 1. The van der Waals surface area contributed by atoms with Gasteiger partial charge in [0.15, 0.2) is 5.16 Å². The summed E-state index contributed by atoms with van der Waals surface area (Å²) in [6.07, 6.45) is 5.68. The molecule has 1 aliphatic carbocycles. The molecule has 1 saturated carbocycles. The smallest absolute Gasteiger partial charge is 0.246 e. The van der Waals surface area contributed by atoms with Crippen LogP contribution in [0.15, 0.2) is 46.7 Å². The number of rotatable bonds is 4. The number of sulfonamides is 1. The van der Waals surface area contributed by atoms with Crippen LogP contribution >= 0.6 is 11.8 Å². The molecular weight excluding hydrogens is 361 g/mol. The van der Waals surface area contributed by atoms with Gasteiger partial charge < -0.3 is 4.57 Å². The van der Waals surface area contributed by atoms with E-state index in [0.29, 0.717) is 30.2 Å². The zero-order chi connectivity index (χ0) is 17.6. The van der Waals surface area contributed by atoms with Crippen LogP contribution in [0.1, 0.15) is 12.8 Å². The number of imidazole rings is 1. The van der Waals surface area contributed by atoms with E-state index in [1.165, 1.54) is 22.5 Å². The maximum absolute atomic E-state index is 13.9. The van der Waals surface area contributed by atoms with E-state index in [0.717, 1.165) is 18.0 Å². The van der Waals surface area contributed by atoms with Crippen molar-refractivity contribution in [2.75, 3.05) is 13.1 Å². The van der Waals surface area contributed by atoms with E-state index in [-0.39, 0.29) is 4.90 Å². The van der Waals surface area contributed by atoms with Gasteiger partial charge in [0.2, 0.25) is 10.0 Å². The highest BCUT2D eigenvalue weighted by molar-refractivity contribution is 7.99. The highest BCUT2D eigenvalue weighted by atomic mass is 32.2. The fourth-order valence-electron chi connectivity index (χ4n) is 3.90. The van der Waals surface area contributed by atoms with Crippen LogP contribution in [0.3, 0.4) is 0 Å².